The Balaban J connectivity index is 2.02. The molecule has 1 saturated heterocycles. The highest BCUT2D eigenvalue weighted by molar-refractivity contribution is 5.82. The average molecular weight is 217 g/mol. The Morgan fingerprint density at radius 3 is 2.94 bits per heavy atom. The second-order valence-corrected chi connectivity index (χ2v) is 4.16. The van der Waals surface area contributed by atoms with Crippen LogP contribution in [0.1, 0.15) is 5.56 Å². The molecule has 2 aromatic rings. The molecule has 1 N–H and O–H groups in total. The molecule has 0 spiro atoms. The van der Waals surface area contributed by atoms with Gasteiger partial charge in [0.05, 0.1) is 30.6 Å². The minimum absolute atomic E-state index is 0.820. The Morgan fingerprint density at radius 2 is 2.12 bits per heavy atom. The maximum absolute atomic E-state index is 5.36. The predicted molar refractivity (Wildman–Crippen MR) is 63.9 cm³/mol. The van der Waals surface area contributed by atoms with Crippen molar-refractivity contribution in [1.82, 2.24) is 9.97 Å². The molecule has 3 rings (SSSR count). The molecule has 0 atom stereocenters. The molecule has 0 aliphatic carbocycles. The standard InChI is InChI=1S/C12H15N3O/c1-9-6-10(15-2-4-16-5-3-15)7-11-12(9)14-8-13-11/h6-8H,2-5H2,1H3,(H,13,14). The van der Waals surface area contributed by atoms with E-state index in [1.54, 1.807) is 6.33 Å². The molecule has 1 fully saturated rings. The number of rotatable bonds is 1. The van der Waals surface area contributed by atoms with Gasteiger partial charge in [-0.1, -0.05) is 0 Å². The van der Waals surface area contributed by atoms with Gasteiger partial charge < -0.3 is 14.6 Å². The third-order valence-electron chi connectivity index (χ3n) is 3.08. The third kappa shape index (κ3) is 1.55. The number of aryl methyl sites for hydroxylation is 1. The van der Waals surface area contributed by atoms with Crippen molar-refractivity contribution in [3.05, 3.63) is 24.0 Å². The number of imidazole rings is 1. The number of anilines is 1. The van der Waals surface area contributed by atoms with E-state index in [9.17, 15) is 0 Å². The first-order valence-corrected chi connectivity index (χ1v) is 5.61. The van der Waals surface area contributed by atoms with Crippen molar-refractivity contribution in [3.8, 4) is 0 Å². The molecule has 1 aliphatic rings. The maximum Gasteiger partial charge on any atom is 0.0932 e. The third-order valence-corrected chi connectivity index (χ3v) is 3.08. The molecule has 2 heterocycles. The first-order chi connectivity index (χ1) is 7.84. The topological polar surface area (TPSA) is 41.1 Å². The number of fused-ring (bicyclic) bond motifs is 1. The summed E-state index contributed by atoms with van der Waals surface area (Å²) in [6, 6.07) is 4.37. The number of aromatic nitrogens is 2. The molecule has 0 unspecified atom stereocenters. The molecule has 0 radical (unpaired) electrons. The lowest BCUT2D eigenvalue weighted by molar-refractivity contribution is 0.122. The van der Waals surface area contributed by atoms with Crippen LogP contribution >= 0.6 is 0 Å². The number of hydrogen-bond donors (Lipinski definition) is 1. The molecule has 4 heteroatoms. The van der Waals surface area contributed by atoms with Gasteiger partial charge in [0.25, 0.3) is 0 Å². The monoisotopic (exact) mass is 217 g/mol. The molecule has 84 valence electrons. The van der Waals surface area contributed by atoms with Crippen LogP contribution in [0.25, 0.3) is 11.0 Å². The summed E-state index contributed by atoms with van der Waals surface area (Å²) in [5.41, 5.74) is 4.66. The molecule has 1 aromatic carbocycles. The molecular formula is C12H15N3O. The fraction of sp³-hybridized carbons (Fsp3) is 0.417. The zero-order chi connectivity index (χ0) is 11.0. The van der Waals surface area contributed by atoms with E-state index >= 15 is 0 Å². The van der Waals surface area contributed by atoms with Gasteiger partial charge in [-0.05, 0) is 24.6 Å². The number of nitrogens with zero attached hydrogens (tertiary/aromatic N) is 2. The van der Waals surface area contributed by atoms with Gasteiger partial charge in [-0.3, -0.25) is 0 Å². The van der Waals surface area contributed by atoms with Crippen molar-refractivity contribution in [2.45, 2.75) is 6.92 Å². The molecule has 16 heavy (non-hydrogen) atoms. The zero-order valence-corrected chi connectivity index (χ0v) is 9.36. The highest BCUT2D eigenvalue weighted by atomic mass is 16.5. The minimum Gasteiger partial charge on any atom is -0.378 e. The van der Waals surface area contributed by atoms with Crippen molar-refractivity contribution >= 4 is 16.7 Å². The number of H-pyrrole nitrogens is 1. The van der Waals surface area contributed by atoms with Gasteiger partial charge in [0, 0.05) is 18.8 Å². The highest BCUT2D eigenvalue weighted by Gasteiger charge is 2.13. The van der Waals surface area contributed by atoms with Crippen LogP contribution in [0, 0.1) is 6.92 Å². The Kier molecular flexibility index (Phi) is 2.29. The van der Waals surface area contributed by atoms with E-state index in [0.29, 0.717) is 0 Å². The summed E-state index contributed by atoms with van der Waals surface area (Å²) in [5.74, 6) is 0. The predicted octanol–water partition coefficient (Wildman–Crippen LogP) is 1.71. The molecular weight excluding hydrogens is 202 g/mol. The van der Waals surface area contributed by atoms with E-state index < -0.39 is 0 Å². The first-order valence-electron chi connectivity index (χ1n) is 5.61. The zero-order valence-electron chi connectivity index (χ0n) is 9.36. The first kappa shape index (κ1) is 9.66. The fourth-order valence-electron chi connectivity index (χ4n) is 2.21. The van der Waals surface area contributed by atoms with Crippen LogP contribution in [0.5, 0.6) is 0 Å². The van der Waals surface area contributed by atoms with E-state index in [4.69, 9.17) is 4.74 Å². The Hall–Kier alpha value is -1.55. The lowest BCUT2D eigenvalue weighted by Gasteiger charge is -2.29. The minimum atomic E-state index is 0.820. The lowest BCUT2D eigenvalue weighted by Crippen LogP contribution is -2.36. The SMILES string of the molecule is Cc1cc(N2CCOCC2)cc2[nH]cnc12. The Bertz CT molecular complexity index is 500. The maximum atomic E-state index is 5.36. The molecule has 1 aromatic heterocycles. The van der Waals surface area contributed by atoms with Crippen molar-refractivity contribution in [2.24, 2.45) is 0 Å². The van der Waals surface area contributed by atoms with Gasteiger partial charge in [-0.2, -0.15) is 0 Å². The second-order valence-electron chi connectivity index (χ2n) is 4.16. The van der Waals surface area contributed by atoms with Crippen LogP contribution in [0.2, 0.25) is 0 Å². The van der Waals surface area contributed by atoms with Gasteiger partial charge in [0.2, 0.25) is 0 Å². The van der Waals surface area contributed by atoms with Crippen molar-refractivity contribution in [2.75, 3.05) is 31.2 Å². The summed E-state index contributed by atoms with van der Waals surface area (Å²) in [6.07, 6.45) is 1.75. The molecule has 0 saturated carbocycles. The highest BCUT2D eigenvalue weighted by Crippen LogP contribution is 2.24. The van der Waals surface area contributed by atoms with Crippen molar-refractivity contribution < 1.29 is 4.74 Å². The van der Waals surface area contributed by atoms with Crippen molar-refractivity contribution in [3.63, 3.8) is 0 Å². The average Bonchev–Trinajstić information content (AvgIpc) is 2.79. The Labute approximate surface area is 94.2 Å². The smallest absolute Gasteiger partial charge is 0.0932 e. The molecule has 0 amide bonds. The van der Waals surface area contributed by atoms with Crippen LogP contribution in [-0.2, 0) is 4.74 Å². The summed E-state index contributed by atoms with van der Waals surface area (Å²) >= 11 is 0. The van der Waals surface area contributed by atoms with E-state index in [2.05, 4.69) is 33.9 Å². The van der Waals surface area contributed by atoms with Crippen LogP contribution in [0.3, 0.4) is 0 Å². The van der Waals surface area contributed by atoms with Crippen LogP contribution < -0.4 is 4.90 Å². The van der Waals surface area contributed by atoms with Crippen LogP contribution in [0.4, 0.5) is 5.69 Å². The summed E-state index contributed by atoms with van der Waals surface area (Å²) in [4.78, 5) is 9.83. The summed E-state index contributed by atoms with van der Waals surface area (Å²) in [5, 5.41) is 0. The molecule has 4 nitrogen and oxygen atoms in total. The van der Waals surface area contributed by atoms with Crippen molar-refractivity contribution in [1.29, 1.82) is 0 Å². The summed E-state index contributed by atoms with van der Waals surface area (Å²) < 4.78 is 5.36. The number of morpholine rings is 1. The lowest BCUT2D eigenvalue weighted by atomic mass is 10.1. The second kappa shape index (κ2) is 3.79. The molecule has 0 bridgehead atoms. The number of benzene rings is 1. The van der Waals surface area contributed by atoms with Gasteiger partial charge >= 0.3 is 0 Å². The van der Waals surface area contributed by atoms with Gasteiger partial charge in [-0.25, -0.2) is 4.98 Å². The van der Waals surface area contributed by atoms with E-state index in [0.717, 1.165) is 37.3 Å². The van der Waals surface area contributed by atoms with Crippen LogP contribution in [0.15, 0.2) is 18.5 Å². The normalized spacial score (nSPS) is 16.9. The fourth-order valence-corrected chi connectivity index (χ4v) is 2.21. The summed E-state index contributed by atoms with van der Waals surface area (Å²) in [6.45, 7) is 5.69. The molecule has 1 aliphatic heterocycles. The van der Waals surface area contributed by atoms with Crippen LogP contribution in [-0.4, -0.2) is 36.3 Å². The number of nitrogens with one attached hydrogen (secondary N) is 1. The number of aromatic amines is 1. The van der Waals surface area contributed by atoms with E-state index in [-0.39, 0.29) is 0 Å². The quantitative estimate of drug-likeness (QED) is 0.790. The number of ether oxygens (including phenoxy) is 1. The van der Waals surface area contributed by atoms with Gasteiger partial charge in [0.1, 0.15) is 0 Å². The largest absolute Gasteiger partial charge is 0.378 e. The Morgan fingerprint density at radius 1 is 1.31 bits per heavy atom. The summed E-state index contributed by atoms with van der Waals surface area (Å²) in [7, 11) is 0. The van der Waals surface area contributed by atoms with E-state index in [1.807, 2.05) is 0 Å². The number of hydrogen-bond acceptors (Lipinski definition) is 3. The van der Waals surface area contributed by atoms with Gasteiger partial charge in [0.15, 0.2) is 0 Å². The van der Waals surface area contributed by atoms with E-state index in [1.165, 1.54) is 11.3 Å². The van der Waals surface area contributed by atoms with Gasteiger partial charge in [-0.15, -0.1) is 0 Å².